The molecule has 150 valence electrons. The van der Waals surface area contributed by atoms with Crippen molar-refractivity contribution in [1.29, 1.82) is 0 Å². The molecular weight excluding hydrogens is 408 g/mol. The van der Waals surface area contributed by atoms with Gasteiger partial charge < -0.3 is 14.3 Å². The lowest BCUT2D eigenvalue weighted by atomic mass is 10.2. The van der Waals surface area contributed by atoms with Gasteiger partial charge in [-0.1, -0.05) is 23.9 Å². The van der Waals surface area contributed by atoms with Crippen LogP contribution in [-0.4, -0.2) is 37.8 Å². The van der Waals surface area contributed by atoms with E-state index in [4.69, 9.17) is 4.74 Å². The number of thioether (sulfide) groups is 1. The van der Waals surface area contributed by atoms with Crippen LogP contribution in [0.2, 0.25) is 0 Å². The number of aromatic nitrogens is 4. The summed E-state index contributed by atoms with van der Waals surface area (Å²) in [5, 5.41) is 1.39. The van der Waals surface area contributed by atoms with Crippen molar-refractivity contribution in [2.45, 2.75) is 25.4 Å². The number of carbonyl (C=O) groups is 1. The van der Waals surface area contributed by atoms with Crippen molar-refractivity contribution in [1.82, 2.24) is 19.5 Å². The average molecular weight is 429 g/mol. The van der Waals surface area contributed by atoms with Gasteiger partial charge in [0.15, 0.2) is 5.16 Å². The van der Waals surface area contributed by atoms with E-state index in [0.29, 0.717) is 39.5 Å². The summed E-state index contributed by atoms with van der Waals surface area (Å²) < 4.78 is 7.14. The maximum absolute atomic E-state index is 12.6. The Labute approximate surface area is 175 Å². The van der Waals surface area contributed by atoms with E-state index in [-0.39, 0.29) is 5.56 Å². The molecule has 0 unspecified atom stereocenters. The predicted octanol–water partition coefficient (Wildman–Crippen LogP) is 3.69. The molecule has 0 bridgehead atoms. The maximum Gasteiger partial charge on any atom is 0.348 e. The van der Waals surface area contributed by atoms with Crippen molar-refractivity contribution < 1.29 is 9.53 Å². The van der Waals surface area contributed by atoms with Crippen LogP contribution in [0.3, 0.4) is 0 Å². The Hall–Kier alpha value is -2.65. The predicted molar refractivity (Wildman–Crippen MR) is 116 cm³/mol. The minimum absolute atomic E-state index is 0.220. The molecule has 4 rings (SSSR count). The summed E-state index contributed by atoms with van der Waals surface area (Å²) in [6.45, 7) is 3.80. The first-order chi connectivity index (χ1) is 14.0. The number of aromatic amines is 1. The number of imidazole rings is 1. The number of fused-ring (bicyclic) bond motifs is 2. The van der Waals surface area contributed by atoms with Crippen LogP contribution in [0.1, 0.15) is 28.0 Å². The fourth-order valence-electron chi connectivity index (χ4n) is 3.19. The van der Waals surface area contributed by atoms with Gasteiger partial charge in [0.2, 0.25) is 0 Å². The second-order valence-corrected chi connectivity index (χ2v) is 8.57. The number of nitrogens with zero attached hydrogens (tertiary/aromatic N) is 3. The number of hydrogen-bond acceptors (Lipinski definition) is 7. The van der Waals surface area contributed by atoms with E-state index in [0.717, 1.165) is 21.9 Å². The highest BCUT2D eigenvalue weighted by molar-refractivity contribution is 7.99. The van der Waals surface area contributed by atoms with Gasteiger partial charge in [0.05, 0.1) is 23.0 Å². The van der Waals surface area contributed by atoms with Gasteiger partial charge in [-0.2, -0.15) is 0 Å². The molecule has 0 aliphatic rings. The summed E-state index contributed by atoms with van der Waals surface area (Å²) in [5.41, 5.74) is 2.45. The second kappa shape index (κ2) is 8.00. The first-order valence-corrected chi connectivity index (χ1v) is 11.0. The number of thiophene rings is 1. The van der Waals surface area contributed by atoms with E-state index < -0.39 is 5.97 Å². The van der Waals surface area contributed by atoms with E-state index in [1.165, 1.54) is 11.3 Å². The molecule has 3 heterocycles. The van der Waals surface area contributed by atoms with Crippen LogP contribution in [0, 0.1) is 6.92 Å². The van der Waals surface area contributed by atoms with E-state index in [1.54, 1.807) is 25.6 Å². The summed E-state index contributed by atoms with van der Waals surface area (Å²) in [7, 11) is 2.00. The number of esters is 1. The number of benzene rings is 1. The standard InChI is InChI=1S/C20H20N4O3S2/c1-4-27-19(26)16-11(2)15-17(25)22-14(23-18(15)29-16)9-10-28-20-21-12-7-5-6-8-13(12)24(20)3/h5-8H,4,9-10H2,1-3H3,(H,22,23,25). The number of para-hydroxylation sites is 2. The van der Waals surface area contributed by atoms with Gasteiger partial charge in [-0.3, -0.25) is 4.79 Å². The normalized spacial score (nSPS) is 11.4. The lowest BCUT2D eigenvalue weighted by Crippen LogP contribution is -2.12. The van der Waals surface area contributed by atoms with Gasteiger partial charge in [-0.05, 0) is 31.5 Å². The van der Waals surface area contributed by atoms with Crippen molar-refractivity contribution in [3.8, 4) is 0 Å². The third-order valence-corrected chi connectivity index (χ3v) is 6.82. The molecule has 29 heavy (non-hydrogen) atoms. The lowest BCUT2D eigenvalue weighted by Gasteiger charge is -2.03. The monoisotopic (exact) mass is 428 g/mol. The van der Waals surface area contributed by atoms with E-state index in [2.05, 4.69) is 19.5 Å². The zero-order valence-electron chi connectivity index (χ0n) is 16.3. The molecule has 0 radical (unpaired) electrons. The average Bonchev–Trinajstić information content (AvgIpc) is 3.20. The molecule has 7 nitrogen and oxygen atoms in total. The Balaban J connectivity index is 1.54. The van der Waals surface area contributed by atoms with Crippen molar-refractivity contribution in [2.75, 3.05) is 12.4 Å². The molecule has 0 aliphatic carbocycles. The number of nitrogens with one attached hydrogen (secondary N) is 1. The van der Waals surface area contributed by atoms with Crippen LogP contribution in [0.4, 0.5) is 0 Å². The van der Waals surface area contributed by atoms with Gasteiger partial charge in [-0.25, -0.2) is 14.8 Å². The van der Waals surface area contributed by atoms with E-state index in [1.807, 2.05) is 31.3 Å². The molecule has 0 atom stereocenters. The first kappa shape index (κ1) is 19.7. The van der Waals surface area contributed by atoms with Gasteiger partial charge >= 0.3 is 5.97 Å². The largest absolute Gasteiger partial charge is 0.462 e. The molecule has 0 spiro atoms. The lowest BCUT2D eigenvalue weighted by molar-refractivity contribution is 0.0531. The molecular formula is C20H20N4O3S2. The molecule has 9 heteroatoms. The number of ether oxygens (including phenoxy) is 1. The fourth-order valence-corrected chi connectivity index (χ4v) is 5.22. The number of carbonyl (C=O) groups excluding carboxylic acids is 1. The van der Waals surface area contributed by atoms with E-state index >= 15 is 0 Å². The van der Waals surface area contributed by atoms with Crippen molar-refractivity contribution in [3.63, 3.8) is 0 Å². The Bertz CT molecular complexity index is 1270. The molecule has 4 aromatic rings. The molecule has 0 amide bonds. The zero-order valence-corrected chi connectivity index (χ0v) is 17.9. The topological polar surface area (TPSA) is 89.9 Å². The maximum atomic E-state index is 12.6. The Kier molecular flexibility index (Phi) is 5.42. The molecule has 0 saturated heterocycles. The minimum Gasteiger partial charge on any atom is -0.462 e. The zero-order chi connectivity index (χ0) is 20.5. The summed E-state index contributed by atoms with van der Waals surface area (Å²) in [6, 6.07) is 8.00. The third kappa shape index (κ3) is 3.67. The third-order valence-electron chi connectivity index (χ3n) is 4.63. The van der Waals surface area contributed by atoms with Crippen LogP contribution in [0.15, 0.2) is 34.2 Å². The van der Waals surface area contributed by atoms with Crippen molar-refractivity contribution in [3.05, 3.63) is 50.9 Å². The quantitative estimate of drug-likeness (QED) is 0.372. The first-order valence-electron chi connectivity index (χ1n) is 9.23. The summed E-state index contributed by atoms with van der Waals surface area (Å²) in [5.74, 6) is 0.914. The summed E-state index contributed by atoms with van der Waals surface area (Å²) in [4.78, 5) is 37.7. The fraction of sp³-hybridized carbons (Fsp3) is 0.300. The molecule has 0 fully saturated rings. The molecule has 0 aliphatic heterocycles. The Morgan fingerprint density at radius 3 is 2.86 bits per heavy atom. The molecule has 3 aromatic heterocycles. The minimum atomic E-state index is -0.411. The van der Waals surface area contributed by atoms with Crippen LogP contribution in [0.5, 0.6) is 0 Å². The highest BCUT2D eigenvalue weighted by atomic mass is 32.2. The molecule has 1 N–H and O–H groups in total. The van der Waals surface area contributed by atoms with Gasteiger partial charge in [0.25, 0.3) is 5.56 Å². The van der Waals surface area contributed by atoms with Crippen molar-refractivity contribution >= 4 is 50.3 Å². The van der Waals surface area contributed by atoms with E-state index in [9.17, 15) is 9.59 Å². The van der Waals surface area contributed by atoms with Crippen LogP contribution < -0.4 is 5.56 Å². The number of rotatable bonds is 6. The Morgan fingerprint density at radius 2 is 2.10 bits per heavy atom. The van der Waals surface area contributed by atoms with Gasteiger partial charge in [-0.15, -0.1) is 11.3 Å². The molecule has 1 aromatic carbocycles. The van der Waals surface area contributed by atoms with Crippen LogP contribution in [0.25, 0.3) is 21.3 Å². The Morgan fingerprint density at radius 1 is 1.31 bits per heavy atom. The molecule has 0 saturated carbocycles. The highest BCUT2D eigenvalue weighted by Gasteiger charge is 2.20. The van der Waals surface area contributed by atoms with Gasteiger partial charge in [0, 0.05) is 19.2 Å². The van der Waals surface area contributed by atoms with Crippen molar-refractivity contribution in [2.24, 2.45) is 7.05 Å². The smallest absolute Gasteiger partial charge is 0.348 e. The van der Waals surface area contributed by atoms with Gasteiger partial charge in [0.1, 0.15) is 15.5 Å². The SMILES string of the molecule is CCOC(=O)c1sc2nc(CCSc3nc4ccccc4n3C)[nH]c(=O)c2c1C. The summed E-state index contributed by atoms with van der Waals surface area (Å²) in [6.07, 6.45) is 0.588. The van der Waals surface area contributed by atoms with Crippen LogP contribution >= 0.6 is 23.1 Å². The number of aryl methyl sites for hydroxylation is 3. The second-order valence-electron chi connectivity index (χ2n) is 6.51. The van der Waals surface area contributed by atoms with Crippen LogP contribution in [-0.2, 0) is 18.2 Å². The summed E-state index contributed by atoms with van der Waals surface area (Å²) >= 11 is 2.82. The number of hydrogen-bond donors (Lipinski definition) is 1. The highest BCUT2D eigenvalue weighted by Crippen LogP contribution is 2.28. The number of H-pyrrole nitrogens is 1.